The van der Waals surface area contributed by atoms with Crippen LogP contribution in [0.2, 0.25) is 0 Å². The molecule has 0 fully saturated rings. The highest BCUT2D eigenvalue weighted by molar-refractivity contribution is 5.75. The second-order valence-electron chi connectivity index (χ2n) is 5.71. The maximum Gasteiger partial charge on any atom is 0.231 e. The van der Waals surface area contributed by atoms with Crippen molar-refractivity contribution >= 4 is 5.91 Å². The fourth-order valence-corrected chi connectivity index (χ4v) is 2.28. The Labute approximate surface area is 110 Å². The highest BCUT2D eigenvalue weighted by Crippen LogP contribution is 2.28. The summed E-state index contributed by atoms with van der Waals surface area (Å²) in [7, 11) is 0. The van der Waals surface area contributed by atoms with Crippen molar-refractivity contribution in [3.63, 3.8) is 0 Å². The Morgan fingerprint density at radius 1 is 1.17 bits per heavy atom. The first kappa shape index (κ1) is 14.7. The highest BCUT2D eigenvalue weighted by atomic mass is 16.1. The lowest BCUT2D eigenvalue weighted by Gasteiger charge is -2.28. The summed E-state index contributed by atoms with van der Waals surface area (Å²) in [6.07, 6.45) is 0. The van der Waals surface area contributed by atoms with Crippen molar-refractivity contribution in [2.45, 2.75) is 40.0 Å². The van der Waals surface area contributed by atoms with Crippen LogP contribution in [0.15, 0.2) is 12.1 Å². The van der Waals surface area contributed by atoms with Gasteiger partial charge in [-0.05, 0) is 43.0 Å². The molecule has 0 saturated carbocycles. The number of aryl methyl sites for hydroxylation is 3. The van der Waals surface area contributed by atoms with E-state index in [1.54, 1.807) is 0 Å². The Hall–Kier alpha value is -1.35. The van der Waals surface area contributed by atoms with Gasteiger partial charge in [0.1, 0.15) is 0 Å². The fraction of sp³-hybridized carbons (Fsp3) is 0.533. The van der Waals surface area contributed by atoms with Crippen molar-refractivity contribution in [2.24, 2.45) is 5.73 Å². The molecule has 0 aromatic heterocycles. The average Bonchev–Trinajstić information content (AvgIpc) is 2.22. The quantitative estimate of drug-likeness (QED) is 0.837. The molecule has 0 aliphatic carbocycles. The Kier molecular flexibility index (Phi) is 4.52. The van der Waals surface area contributed by atoms with E-state index in [4.69, 9.17) is 5.73 Å². The van der Waals surface area contributed by atoms with Gasteiger partial charge in [-0.2, -0.15) is 0 Å². The van der Waals surface area contributed by atoms with Crippen LogP contribution in [-0.4, -0.2) is 19.0 Å². The molecule has 100 valence electrons. The average molecular weight is 248 g/mol. The Bertz CT molecular complexity index is 450. The van der Waals surface area contributed by atoms with E-state index in [-0.39, 0.29) is 17.9 Å². The number of carbonyl (C=O) groups excluding carboxylic acids is 1. The van der Waals surface area contributed by atoms with E-state index in [1.165, 1.54) is 22.3 Å². The summed E-state index contributed by atoms with van der Waals surface area (Å²) in [5.74, 6) is -0.317. The van der Waals surface area contributed by atoms with Gasteiger partial charge in [0, 0.05) is 12.0 Å². The molecule has 0 unspecified atom stereocenters. The SMILES string of the molecule is Cc1cc(C)c(C(C)(C)CNCC(N)=O)cc1C. The van der Waals surface area contributed by atoms with Crippen LogP contribution in [0.3, 0.4) is 0 Å². The molecule has 1 rings (SSSR count). The molecule has 0 bridgehead atoms. The third-order valence-corrected chi connectivity index (χ3v) is 3.44. The number of hydrogen-bond donors (Lipinski definition) is 2. The van der Waals surface area contributed by atoms with Gasteiger partial charge in [-0.1, -0.05) is 26.0 Å². The lowest BCUT2D eigenvalue weighted by Crippen LogP contribution is -2.38. The molecule has 0 spiro atoms. The number of nitrogens with two attached hydrogens (primary N) is 1. The summed E-state index contributed by atoms with van der Waals surface area (Å²) in [6, 6.07) is 4.47. The maximum absolute atomic E-state index is 10.7. The number of primary amides is 1. The molecule has 3 heteroatoms. The van der Waals surface area contributed by atoms with Crippen LogP contribution in [0.25, 0.3) is 0 Å². The second-order valence-corrected chi connectivity index (χ2v) is 5.71. The van der Waals surface area contributed by atoms with Crippen LogP contribution < -0.4 is 11.1 Å². The Balaban J connectivity index is 2.90. The molecular formula is C15H24N2O. The summed E-state index contributed by atoms with van der Waals surface area (Å²) < 4.78 is 0. The molecule has 3 nitrogen and oxygen atoms in total. The normalized spacial score (nSPS) is 11.6. The predicted molar refractivity (Wildman–Crippen MR) is 75.7 cm³/mol. The van der Waals surface area contributed by atoms with Crippen molar-refractivity contribution < 1.29 is 4.79 Å². The number of nitrogens with one attached hydrogen (secondary N) is 1. The topological polar surface area (TPSA) is 55.1 Å². The molecule has 3 N–H and O–H groups in total. The summed E-state index contributed by atoms with van der Waals surface area (Å²) in [5.41, 5.74) is 10.4. The van der Waals surface area contributed by atoms with Gasteiger partial charge in [0.2, 0.25) is 5.91 Å². The molecule has 0 atom stereocenters. The fourth-order valence-electron chi connectivity index (χ4n) is 2.28. The summed E-state index contributed by atoms with van der Waals surface area (Å²) in [5, 5.41) is 3.11. The van der Waals surface area contributed by atoms with Crippen LogP contribution in [0.1, 0.15) is 36.1 Å². The molecule has 0 radical (unpaired) electrons. The van der Waals surface area contributed by atoms with Crippen molar-refractivity contribution in [1.82, 2.24) is 5.32 Å². The number of benzene rings is 1. The number of carbonyl (C=O) groups is 1. The third kappa shape index (κ3) is 3.57. The van der Waals surface area contributed by atoms with Gasteiger partial charge >= 0.3 is 0 Å². The van der Waals surface area contributed by atoms with Crippen molar-refractivity contribution in [3.05, 3.63) is 34.4 Å². The van der Waals surface area contributed by atoms with Gasteiger partial charge < -0.3 is 11.1 Å². The van der Waals surface area contributed by atoms with Gasteiger partial charge in [-0.15, -0.1) is 0 Å². The minimum Gasteiger partial charge on any atom is -0.369 e. The first-order valence-corrected chi connectivity index (χ1v) is 6.31. The molecule has 0 saturated heterocycles. The van der Waals surface area contributed by atoms with Crippen LogP contribution >= 0.6 is 0 Å². The summed E-state index contributed by atoms with van der Waals surface area (Å²) in [4.78, 5) is 10.7. The lowest BCUT2D eigenvalue weighted by atomic mass is 9.80. The van der Waals surface area contributed by atoms with E-state index in [0.717, 1.165) is 6.54 Å². The summed E-state index contributed by atoms with van der Waals surface area (Å²) in [6.45, 7) is 11.7. The predicted octanol–water partition coefficient (Wildman–Crippen LogP) is 1.96. The lowest BCUT2D eigenvalue weighted by molar-refractivity contribution is -0.117. The smallest absolute Gasteiger partial charge is 0.231 e. The first-order chi connectivity index (χ1) is 8.24. The van der Waals surface area contributed by atoms with Crippen LogP contribution in [0.4, 0.5) is 0 Å². The molecule has 0 aliphatic rings. The molecule has 1 amide bonds. The third-order valence-electron chi connectivity index (χ3n) is 3.44. The largest absolute Gasteiger partial charge is 0.369 e. The van der Waals surface area contributed by atoms with Crippen molar-refractivity contribution in [1.29, 1.82) is 0 Å². The molecule has 1 aromatic rings. The van der Waals surface area contributed by atoms with E-state index in [0.29, 0.717) is 0 Å². The zero-order valence-electron chi connectivity index (χ0n) is 12.1. The second kappa shape index (κ2) is 5.53. The van der Waals surface area contributed by atoms with E-state index < -0.39 is 0 Å². The molecular weight excluding hydrogens is 224 g/mol. The zero-order chi connectivity index (χ0) is 13.9. The van der Waals surface area contributed by atoms with Gasteiger partial charge in [-0.25, -0.2) is 0 Å². The van der Waals surface area contributed by atoms with Gasteiger partial charge in [0.05, 0.1) is 6.54 Å². The molecule has 0 aliphatic heterocycles. The Morgan fingerprint density at radius 2 is 1.72 bits per heavy atom. The van der Waals surface area contributed by atoms with Crippen LogP contribution in [0, 0.1) is 20.8 Å². The maximum atomic E-state index is 10.7. The molecule has 1 aromatic carbocycles. The van der Waals surface area contributed by atoms with Crippen LogP contribution in [-0.2, 0) is 10.2 Å². The van der Waals surface area contributed by atoms with E-state index in [2.05, 4.69) is 52.1 Å². The van der Waals surface area contributed by atoms with E-state index in [9.17, 15) is 4.79 Å². The van der Waals surface area contributed by atoms with Crippen molar-refractivity contribution in [2.75, 3.05) is 13.1 Å². The van der Waals surface area contributed by atoms with E-state index in [1.807, 2.05) is 0 Å². The number of amides is 1. The summed E-state index contributed by atoms with van der Waals surface area (Å²) >= 11 is 0. The monoisotopic (exact) mass is 248 g/mol. The van der Waals surface area contributed by atoms with Crippen LogP contribution in [0.5, 0.6) is 0 Å². The number of rotatable bonds is 5. The first-order valence-electron chi connectivity index (χ1n) is 6.31. The molecule has 18 heavy (non-hydrogen) atoms. The Morgan fingerprint density at radius 3 is 2.28 bits per heavy atom. The standard InChI is InChI=1S/C15H24N2O/c1-10-6-12(3)13(7-11(10)2)15(4,5)9-17-8-14(16)18/h6-7,17H,8-9H2,1-5H3,(H2,16,18). The minimum atomic E-state index is -0.317. The van der Waals surface area contributed by atoms with E-state index >= 15 is 0 Å². The van der Waals surface area contributed by atoms with Gasteiger partial charge in [0.15, 0.2) is 0 Å². The van der Waals surface area contributed by atoms with Crippen molar-refractivity contribution in [3.8, 4) is 0 Å². The van der Waals surface area contributed by atoms with Gasteiger partial charge in [-0.3, -0.25) is 4.79 Å². The molecule has 0 heterocycles. The zero-order valence-corrected chi connectivity index (χ0v) is 12.1. The highest BCUT2D eigenvalue weighted by Gasteiger charge is 2.22. The number of hydrogen-bond acceptors (Lipinski definition) is 2. The van der Waals surface area contributed by atoms with Gasteiger partial charge in [0.25, 0.3) is 0 Å². The minimum absolute atomic E-state index is 0.0159.